The molecule has 2 heteroatoms. The van der Waals surface area contributed by atoms with Gasteiger partial charge in [0.25, 0.3) is 0 Å². The van der Waals surface area contributed by atoms with E-state index in [1.54, 1.807) is 0 Å². The molecule has 0 atom stereocenters. The van der Waals surface area contributed by atoms with Crippen LogP contribution in [0.3, 0.4) is 0 Å². The zero-order valence-corrected chi connectivity index (χ0v) is 23.8. The van der Waals surface area contributed by atoms with Gasteiger partial charge in [-0.2, -0.15) is 0 Å². The summed E-state index contributed by atoms with van der Waals surface area (Å²) >= 11 is 0. The Balaban J connectivity index is 1.52. The van der Waals surface area contributed by atoms with Crippen molar-refractivity contribution in [2.24, 2.45) is 0 Å². The van der Waals surface area contributed by atoms with Gasteiger partial charge in [-0.15, -0.1) is 0 Å². The van der Waals surface area contributed by atoms with Gasteiger partial charge in [0.1, 0.15) is 12.4 Å². The van der Waals surface area contributed by atoms with E-state index in [0.29, 0.717) is 0 Å². The molecule has 0 spiro atoms. The van der Waals surface area contributed by atoms with Crippen LogP contribution in [0.2, 0.25) is 0 Å². The first kappa shape index (κ1) is 25.5. The van der Waals surface area contributed by atoms with Gasteiger partial charge < -0.3 is 9.84 Å². The van der Waals surface area contributed by atoms with E-state index in [0.717, 1.165) is 17.7 Å². The van der Waals surface area contributed by atoms with Gasteiger partial charge in [-0.25, -0.2) is 0 Å². The first-order valence-corrected chi connectivity index (χ1v) is 14.9. The summed E-state index contributed by atoms with van der Waals surface area (Å²) in [6.45, 7) is 0.271. The molecule has 0 aromatic heterocycles. The van der Waals surface area contributed by atoms with Crippen LogP contribution in [0.25, 0.3) is 66.1 Å². The lowest BCUT2D eigenvalue weighted by atomic mass is 9.80. The van der Waals surface area contributed by atoms with E-state index in [4.69, 9.17) is 4.74 Å². The Morgan fingerprint density at radius 1 is 0.512 bits per heavy atom. The molecule has 0 fully saturated rings. The molecule has 0 heterocycles. The molecule has 0 saturated heterocycles. The third kappa shape index (κ3) is 4.31. The van der Waals surface area contributed by atoms with Crippen molar-refractivity contribution in [2.45, 2.75) is 6.42 Å². The summed E-state index contributed by atoms with van der Waals surface area (Å²) in [7, 11) is 0. The second-order valence-electron chi connectivity index (χ2n) is 11.2. The van der Waals surface area contributed by atoms with Gasteiger partial charge >= 0.3 is 0 Å². The largest absolute Gasteiger partial charge is 0.491 e. The molecular formula is C41H30O2. The summed E-state index contributed by atoms with van der Waals surface area (Å²) in [4.78, 5) is 0. The highest BCUT2D eigenvalue weighted by Crippen LogP contribution is 2.52. The molecule has 7 aromatic carbocycles. The Bertz CT molecular complexity index is 2130. The Hall–Kier alpha value is -5.18. The van der Waals surface area contributed by atoms with E-state index in [9.17, 15) is 5.11 Å². The molecule has 43 heavy (non-hydrogen) atoms. The fourth-order valence-corrected chi connectivity index (χ4v) is 6.86. The van der Waals surface area contributed by atoms with Crippen LogP contribution in [0.4, 0.5) is 0 Å². The smallest absolute Gasteiger partial charge is 0.119 e. The minimum Gasteiger partial charge on any atom is -0.491 e. The SMILES string of the molecule is OCCOc1ccc(-c2cc3c(c(-c4cccc5ccccc45)c2-c2cccc4ccccc24)Cc2ccccc2-3)cc1. The Kier molecular flexibility index (Phi) is 6.28. The monoisotopic (exact) mass is 554 g/mol. The summed E-state index contributed by atoms with van der Waals surface area (Å²) in [6.07, 6.45) is 0.899. The predicted molar refractivity (Wildman–Crippen MR) is 179 cm³/mol. The highest BCUT2D eigenvalue weighted by Gasteiger charge is 2.28. The van der Waals surface area contributed by atoms with Crippen LogP contribution in [0.5, 0.6) is 5.75 Å². The lowest BCUT2D eigenvalue weighted by Gasteiger charge is -2.23. The molecule has 206 valence electrons. The van der Waals surface area contributed by atoms with Crippen molar-refractivity contribution >= 4 is 21.5 Å². The summed E-state index contributed by atoms with van der Waals surface area (Å²) < 4.78 is 5.73. The topological polar surface area (TPSA) is 29.5 Å². The highest BCUT2D eigenvalue weighted by molar-refractivity contribution is 6.12. The van der Waals surface area contributed by atoms with Crippen LogP contribution in [0, 0.1) is 0 Å². The van der Waals surface area contributed by atoms with Gasteiger partial charge in [-0.05, 0) is 102 Å². The lowest BCUT2D eigenvalue weighted by molar-refractivity contribution is 0.201. The van der Waals surface area contributed by atoms with Gasteiger partial charge in [0.2, 0.25) is 0 Å². The van der Waals surface area contributed by atoms with Crippen LogP contribution in [0.15, 0.2) is 140 Å². The second kappa shape index (κ2) is 10.6. The van der Waals surface area contributed by atoms with Crippen LogP contribution < -0.4 is 4.74 Å². The molecule has 0 radical (unpaired) electrons. The molecule has 0 amide bonds. The minimum absolute atomic E-state index is 0.00833. The Morgan fingerprint density at radius 2 is 1.09 bits per heavy atom. The standard InChI is InChI=1S/C41H30O2/c42-23-24-43-31-21-19-29(20-22-31)37-26-38-34-16-6-3-11-30(34)25-39(38)41(36-18-8-13-28-10-2-5-15-33(28)36)40(37)35-17-7-12-27-9-1-4-14-32(27)35/h1-22,26,42H,23-25H2. The second-order valence-corrected chi connectivity index (χ2v) is 11.2. The third-order valence-electron chi connectivity index (χ3n) is 8.75. The summed E-state index contributed by atoms with van der Waals surface area (Å²) in [5.41, 5.74) is 12.7. The Morgan fingerprint density at radius 3 is 1.79 bits per heavy atom. The molecule has 8 rings (SSSR count). The van der Waals surface area contributed by atoms with Crippen LogP contribution in [-0.2, 0) is 6.42 Å². The molecule has 0 bridgehead atoms. The number of fused-ring (bicyclic) bond motifs is 5. The van der Waals surface area contributed by atoms with Crippen molar-refractivity contribution < 1.29 is 9.84 Å². The van der Waals surface area contributed by atoms with Crippen LogP contribution >= 0.6 is 0 Å². The quantitative estimate of drug-likeness (QED) is 0.222. The van der Waals surface area contributed by atoms with E-state index in [1.807, 2.05) is 12.1 Å². The fraction of sp³-hybridized carbons (Fsp3) is 0.0732. The first-order chi connectivity index (χ1) is 21.3. The molecule has 7 aromatic rings. The summed E-state index contributed by atoms with van der Waals surface area (Å²) in [5.74, 6) is 0.755. The molecule has 0 saturated carbocycles. The van der Waals surface area contributed by atoms with Crippen molar-refractivity contribution in [3.8, 4) is 50.3 Å². The number of rotatable bonds is 6. The maximum Gasteiger partial charge on any atom is 0.119 e. The first-order valence-electron chi connectivity index (χ1n) is 14.9. The van der Waals surface area contributed by atoms with Crippen LogP contribution in [0.1, 0.15) is 11.1 Å². The summed E-state index contributed by atoms with van der Waals surface area (Å²) in [6, 6.07) is 50.4. The van der Waals surface area contributed by atoms with Crippen LogP contribution in [-0.4, -0.2) is 18.3 Å². The van der Waals surface area contributed by atoms with Gasteiger partial charge in [0.15, 0.2) is 0 Å². The number of aliphatic hydroxyl groups excluding tert-OH is 1. The zero-order chi connectivity index (χ0) is 28.8. The van der Waals surface area contributed by atoms with E-state index in [-0.39, 0.29) is 13.2 Å². The maximum absolute atomic E-state index is 9.27. The minimum atomic E-state index is -0.00833. The van der Waals surface area contributed by atoms with Gasteiger partial charge in [-0.3, -0.25) is 0 Å². The van der Waals surface area contributed by atoms with Crippen molar-refractivity contribution in [3.63, 3.8) is 0 Å². The predicted octanol–water partition coefficient (Wildman–Crippen LogP) is 9.94. The molecule has 2 nitrogen and oxygen atoms in total. The fourth-order valence-electron chi connectivity index (χ4n) is 6.86. The normalized spacial score (nSPS) is 11.9. The molecule has 1 aliphatic carbocycles. The van der Waals surface area contributed by atoms with E-state index in [2.05, 4.69) is 127 Å². The average molecular weight is 555 g/mol. The van der Waals surface area contributed by atoms with Crippen molar-refractivity contribution in [3.05, 3.63) is 151 Å². The summed E-state index contributed by atoms with van der Waals surface area (Å²) in [5, 5.41) is 14.2. The third-order valence-corrected chi connectivity index (χ3v) is 8.75. The molecule has 1 aliphatic rings. The maximum atomic E-state index is 9.27. The zero-order valence-electron chi connectivity index (χ0n) is 23.8. The molecule has 0 aliphatic heterocycles. The molecular weight excluding hydrogens is 524 g/mol. The number of ether oxygens (including phenoxy) is 1. The van der Waals surface area contributed by atoms with Gasteiger partial charge in [-0.1, -0.05) is 121 Å². The molecule has 1 N–H and O–H groups in total. The number of hydrogen-bond acceptors (Lipinski definition) is 2. The highest BCUT2D eigenvalue weighted by atomic mass is 16.5. The van der Waals surface area contributed by atoms with Gasteiger partial charge in [0, 0.05) is 0 Å². The number of benzene rings is 7. The van der Waals surface area contributed by atoms with Gasteiger partial charge in [0.05, 0.1) is 6.61 Å². The molecule has 0 unspecified atom stereocenters. The van der Waals surface area contributed by atoms with Crippen molar-refractivity contribution in [1.82, 2.24) is 0 Å². The van der Waals surface area contributed by atoms with Crippen molar-refractivity contribution in [1.29, 1.82) is 0 Å². The van der Waals surface area contributed by atoms with E-state index < -0.39 is 0 Å². The Labute approximate surface area is 251 Å². The van der Waals surface area contributed by atoms with E-state index in [1.165, 1.54) is 71.6 Å². The number of aliphatic hydroxyl groups is 1. The van der Waals surface area contributed by atoms with Crippen molar-refractivity contribution in [2.75, 3.05) is 13.2 Å². The lowest BCUT2D eigenvalue weighted by Crippen LogP contribution is -2.01. The average Bonchev–Trinajstić information content (AvgIpc) is 3.45. The van der Waals surface area contributed by atoms with E-state index >= 15 is 0 Å². The number of hydrogen-bond donors (Lipinski definition) is 1.